The lowest BCUT2D eigenvalue weighted by atomic mass is 10.1. The van der Waals surface area contributed by atoms with Gasteiger partial charge in [0.2, 0.25) is 0 Å². The molecule has 0 aliphatic rings. The molecule has 7 heteroatoms. The molecular weight excluding hydrogens is 426 g/mol. The van der Waals surface area contributed by atoms with Gasteiger partial charge in [-0.05, 0) is 54.4 Å². The van der Waals surface area contributed by atoms with E-state index in [0.717, 1.165) is 22.4 Å². The van der Waals surface area contributed by atoms with Crippen molar-refractivity contribution in [2.24, 2.45) is 0 Å². The van der Waals surface area contributed by atoms with E-state index >= 15 is 0 Å². The Morgan fingerprint density at radius 2 is 1.97 bits per heavy atom. The molecule has 0 aliphatic heterocycles. The highest BCUT2D eigenvalue weighted by molar-refractivity contribution is 5.94. The molecule has 0 bridgehead atoms. The van der Waals surface area contributed by atoms with Crippen LogP contribution in [0.3, 0.4) is 0 Å². The van der Waals surface area contributed by atoms with E-state index in [-0.39, 0.29) is 12.3 Å². The summed E-state index contributed by atoms with van der Waals surface area (Å²) in [5, 5.41) is 14.0. The number of methoxy groups -OCH3 is 1. The van der Waals surface area contributed by atoms with Gasteiger partial charge >= 0.3 is 0 Å². The molecular formula is C27H25N5O2. The number of rotatable bonds is 8. The van der Waals surface area contributed by atoms with E-state index in [1.165, 1.54) is 0 Å². The van der Waals surface area contributed by atoms with Gasteiger partial charge < -0.3 is 9.64 Å². The summed E-state index contributed by atoms with van der Waals surface area (Å²) in [4.78, 5) is 19.6. The lowest BCUT2D eigenvalue weighted by Crippen LogP contribution is -2.33. The van der Waals surface area contributed by atoms with Gasteiger partial charge in [0.15, 0.2) is 0 Å². The van der Waals surface area contributed by atoms with Crippen molar-refractivity contribution in [1.29, 1.82) is 5.26 Å². The number of pyridine rings is 1. The van der Waals surface area contributed by atoms with Gasteiger partial charge in [0.1, 0.15) is 11.4 Å². The first-order valence-electron chi connectivity index (χ1n) is 11.0. The predicted octanol–water partition coefficient (Wildman–Crippen LogP) is 4.81. The van der Waals surface area contributed by atoms with Crippen LogP contribution in [0.15, 0.2) is 79.1 Å². The number of aromatic nitrogens is 3. The van der Waals surface area contributed by atoms with Crippen molar-refractivity contribution in [3.63, 3.8) is 0 Å². The fourth-order valence-corrected chi connectivity index (χ4v) is 3.72. The maximum absolute atomic E-state index is 13.8. The van der Waals surface area contributed by atoms with Gasteiger partial charge in [-0.2, -0.15) is 10.4 Å². The van der Waals surface area contributed by atoms with Crippen molar-refractivity contribution in [1.82, 2.24) is 19.7 Å². The van der Waals surface area contributed by atoms with E-state index in [1.54, 1.807) is 35.2 Å². The highest BCUT2D eigenvalue weighted by Crippen LogP contribution is 2.26. The van der Waals surface area contributed by atoms with E-state index in [9.17, 15) is 4.79 Å². The van der Waals surface area contributed by atoms with Gasteiger partial charge in [-0.15, -0.1) is 0 Å². The normalized spacial score (nSPS) is 10.5. The fourth-order valence-electron chi connectivity index (χ4n) is 3.72. The quantitative estimate of drug-likeness (QED) is 0.384. The van der Waals surface area contributed by atoms with Gasteiger partial charge in [-0.25, -0.2) is 4.68 Å². The van der Waals surface area contributed by atoms with Crippen LogP contribution in [0, 0.1) is 18.3 Å². The second-order valence-electron chi connectivity index (χ2n) is 7.89. The molecule has 7 nitrogen and oxygen atoms in total. The third-order valence-electron chi connectivity index (χ3n) is 5.42. The zero-order valence-corrected chi connectivity index (χ0v) is 19.2. The van der Waals surface area contributed by atoms with Crippen molar-refractivity contribution in [3.05, 3.63) is 95.9 Å². The Labute approximate surface area is 198 Å². The van der Waals surface area contributed by atoms with Crippen LogP contribution < -0.4 is 4.74 Å². The number of ether oxygens (including phenoxy) is 1. The van der Waals surface area contributed by atoms with E-state index in [4.69, 9.17) is 15.1 Å². The third-order valence-corrected chi connectivity index (χ3v) is 5.42. The Kier molecular flexibility index (Phi) is 6.99. The van der Waals surface area contributed by atoms with E-state index in [0.29, 0.717) is 30.2 Å². The Hall–Kier alpha value is -4.44. The molecule has 0 radical (unpaired) electrons. The van der Waals surface area contributed by atoms with Crippen LogP contribution in [0.2, 0.25) is 0 Å². The second-order valence-corrected chi connectivity index (χ2v) is 7.89. The average Bonchev–Trinajstić information content (AvgIpc) is 3.32. The van der Waals surface area contributed by atoms with Crippen LogP contribution in [-0.4, -0.2) is 39.2 Å². The molecule has 0 aliphatic carbocycles. The summed E-state index contributed by atoms with van der Waals surface area (Å²) in [6.07, 6.45) is 3.65. The molecule has 0 fully saturated rings. The van der Waals surface area contributed by atoms with Gasteiger partial charge in [-0.1, -0.05) is 30.3 Å². The van der Waals surface area contributed by atoms with Crippen molar-refractivity contribution in [3.8, 4) is 28.8 Å². The zero-order valence-electron chi connectivity index (χ0n) is 19.2. The van der Waals surface area contributed by atoms with Gasteiger partial charge in [0.25, 0.3) is 5.91 Å². The summed E-state index contributed by atoms with van der Waals surface area (Å²) in [7, 11) is 1.62. The average molecular weight is 452 g/mol. The van der Waals surface area contributed by atoms with Crippen molar-refractivity contribution in [2.75, 3.05) is 13.7 Å². The number of hydrogen-bond donors (Lipinski definition) is 0. The largest absolute Gasteiger partial charge is 0.497 e. The minimum Gasteiger partial charge on any atom is -0.497 e. The number of carbonyl (C=O) groups excluding carboxylic acids is 1. The van der Waals surface area contributed by atoms with Crippen LogP contribution in [0.5, 0.6) is 5.75 Å². The third kappa shape index (κ3) is 5.13. The minimum absolute atomic E-state index is 0.206. The summed E-state index contributed by atoms with van der Waals surface area (Å²) in [5.74, 6) is 0.505. The molecule has 0 spiro atoms. The summed E-state index contributed by atoms with van der Waals surface area (Å²) < 4.78 is 7.04. The summed E-state index contributed by atoms with van der Waals surface area (Å²) in [6, 6.07) is 23.1. The molecule has 0 N–H and O–H groups in total. The molecule has 0 unspecified atom stereocenters. The van der Waals surface area contributed by atoms with E-state index in [1.807, 2.05) is 67.6 Å². The minimum atomic E-state index is -0.206. The molecule has 1 amide bonds. The number of benzene rings is 2. The molecule has 170 valence electrons. The summed E-state index contributed by atoms with van der Waals surface area (Å²) in [6.45, 7) is 2.65. The predicted molar refractivity (Wildman–Crippen MR) is 129 cm³/mol. The molecule has 0 saturated heterocycles. The molecule has 0 atom stereocenters. The summed E-state index contributed by atoms with van der Waals surface area (Å²) in [5.41, 5.74) is 4.67. The Morgan fingerprint density at radius 3 is 2.71 bits per heavy atom. The zero-order chi connectivity index (χ0) is 23.9. The van der Waals surface area contributed by atoms with Crippen molar-refractivity contribution in [2.45, 2.75) is 19.9 Å². The molecule has 4 rings (SSSR count). The molecule has 0 saturated carbocycles. The first-order chi connectivity index (χ1) is 16.6. The maximum Gasteiger partial charge on any atom is 0.272 e. The summed E-state index contributed by atoms with van der Waals surface area (Å²) >= 11 is 0. The number of aryl methyl sites for hydroxylation is 1. The number of carbonyl (C=O) groups is 1. The lowest BCUT2D eigenvalue weighted by molar-refractivity contribution is 0.0737. The Balaban J connectivity index is 1.79. The molecule has 2 heterocycles. The van der Waals surface area contributed by atoms with E-state index < -0.39 is 0 Å². The standard InChI is InChI=1S/C27H25N5O2/c1-20-7-3-10-23(15-20)32-26(17-25(30-32)22-9-4-11-24(16-22)34-2)27(33)31(14-6-12-28)19-21-8-5-13-29-18-21/h3-5,7-11,13,15-18H,6,14,19H2,1-2H3. The maximum atomic E-state index is 13.8. The lowest BCUT2D eigenvalue weighted by Gasteiger charge is -2.22. The monoisotopic (exact) mass is 451 g/mol. The van der Waals surface area contributed by atoms with Gasteiger partial charge in [-0.3, -0.25) is 9.78 Å². The van der Waals surface area contributed by atoms with Crippen LogP contribution in [-0.2, 0) is 6.54 Å². The Bertz CT molecular complexity index is 1320. The molecule has 34 heavy (non-hydrogen) atoms. The van der Waals surface area contributed by atoms with Crippen molar-refractivity contribution >= 4 is 5.91 Å². The van der Waals surface area contributed by atoms with Gasteiger partial charge in [0, 0.05) is 31.0 Å². The van der Waals surface area contributed by atoms with Crippen LogP contribution in [0.25, 0.3) is 16.9 Å². The SMILES string of the molecule is COc1cccc(-c2cc(C(=O)N(CCC#N)Cc3cccnc3)n(-c3cccc(C)c3)n2)c1. The number of nitriles is 1. The van der Waals surface area contributed by atoms with Crippen LogP contribution >= 0.6 is 0 Å². The highest BCUT2D eigenvalue weighted by atomic mass is 16.5. The molecule has 2 aromatic carbocycles. The smallest absolute Gasteiger partial charge is 0.272 e. The number of hydrogen-bond acceptors (Lipinski definition) is 5. The highest BCUT2D eigenvalue weighted by Gasteiger charge is 2.23. The molecule has 2 aromatic heterocycles. The first kappa shape index (κ1) is 22.7. The first-order valence-corrected chi connectivity index (χ1v) is 11.0. The van der Waals surface area contributed by atoms with Crippen LogP contribution in [0.1, 0.15) is 28.0 Å². The Morgan fingerprint density at radius 1 is 1.12 bits per heavy atom. The fraction of sp³-hybridized carbons (Fsp3) is 0.185. The van der Waals surface area contributed by atoms with Crippen LogP contribution in [0.4, 0.5) is 0 Å². The topological polar surface area (TPSA) is 84.0 Å². The van der Waals surface area contributed by atoms with E-state index in [2.05, 4.69) is 11.1 Å². The van der Waals surface area contributed by atoms with Crippen molar-refractivity contribution < 1.29 is 9.53 Å². The number of nitrogens with zero attached hydrogens (tertiary/aromatic N) is 5. The number of amides is 1. The molecule has 4 aromatic rings. The van der Waals surface area contributed by atoms with Gasteiger partial charge in [0.05, 0.1) is 31.0 Å². The second kappa shape index (κ2) is 10.5.